The molecule has 1 heterocycles. The fraction of sp³-hybridized carbons (Fsp3) is 0.615. The predicted molar refractivity (Wildman–Crippen MR) is 70.1 cm³/mol. The van der Waals surface area contributed by atoms with Crippen molar-refractivity contribution in [1.82, 2.24) is 4.90 Å². The van der Waals surface area contributed by atoms with Crippen LogP contribution in [0.5, 0.6) is 0 Å². The first-order chi connectivity index (χ1) is 8.78. The van der Waals surface area contributed by atoms with Crippen molar-refractivity contribution in [2.75, 3.05) is 13.1 Å². The Labute approximate surface area is 115 Å². The van der Waals surface area contributed by atoms with E-state index in [1.54, 1.807) is 13.8 Å². The molecule has 0 radical (unpaired) electrons. The number of hydrogen-bond acceptors (Lipinski definition) is 2. The minimum atomic E-state index is -4.34. The van der Waals surface area contributed by atoms with Gasteiger partial charge in [0.15, 0.2) is 0 Å². The quantitative estimate of drug-likeness (QED) is 0.782. The molecular formula is C13H18F3NOS. The maximum absolute atomic E-state index is 12.4. The summed E-state index contributed by atoms with van der Waals surface area (Å²) in [5, 5.41) is 3.80. The molecule has 0 aliphatic carbocycles. The number of alkyl halides is 3. The number of aryl methyl sites for hydroxylation is 1. The molecule has 1 amide bonds. The summed E-state index contributed by atoms with van der Waals surface area (Å²) in [7, 11) is 0. The van der Waals surface area contributed by atoms with Gasteiger partial charge in [-0.3, -0.25) is 4.79 Å². The summed E-state index contributed by atoms with van der Waals surface area (Å²) >= 11 is 1.52. The number of nitrogens with zero attached hydrogens (tertiary/aromatic N) is 1. The van der Waals surface area contributed by atoms with Crippen LogP contribution in [-0.2, 0) is 11.2 Å². The molecule has 1 aromatic rings. The van der Waals surface area contributed by atoms with E-state index in [4.69, 9.17) is 0 Å². The van der Waals surface area contributed by atoms with E-state index >= 15 is 0 Å². The zero-order chi connectivity index (χ0) is 14.5. The van der Waals surface area contributed by atoms with Crippen LogP contribution in [0.1, 0.15) is 25.8 Å². The topological polar surface area (TPSA) is 20.3 Å². The predicted octanol–water partition coefficient (Wildman–Crippen LogP) is 3.73. The van der Waals surface area contributed by atoms with Gasteiger partial charge in [-0.05, 0) is 34.7 Å². The zero-order valence-electron chi connectivity index (χ0n) is 11.0. The highest BCUT2D eigenvalue weighted by Crippen LogP contribution is 2.18. The average molecular weight is 293 g/mol. The lowest BCUT2D eigenvalue weighted by molar-refractivity contribution is -0.162. The van der Waals surface area contributed by atoms with E-state index in [2.05, 4.69) is 0 Å². The van der Waals surface area contributed by atoms with E-state index in [9.17, 15) is 18.0 Å². The van der Waals surface area contributed by atoms with Crippen LogP contribution in [-0.4, -0.2) is 30.1 Å². The monoisotopic (exact) mass is 293 g/mol. The molecule has 0 aliphatic rings. The number of carbonyl (C=O) groups excluding carboxylic acids is 1. The molecule has 0 saturated carbocycles. The second kappa shape index (κ2) is 6.93. The third-order valence-electron chi connectivity index (χ3n) is 2.52. The van der Waals surface area contributed by atoms with Crippen molar-refractivity contribution in [2.45, 2.75) is 32.9 Å². The molecule has 1 aromatic heterocycles. The van der Waals surface area contributed by atoms with Crippen molar-refractivity contribution in [2.24, 2.45) is 5.92 Å². The van der Waals surface area contributed by atoms with Gasteiger partial charge in [-0.2, -0.15) is 24.5 Å². The number of thiophene rings is 1. The molecule has 0 N–H and O–H groups in total. The van der Waals surface area contributed by atoms with E-state index in [-0.39, 0.29) is 18.9 Å². The molecule has 0 spiro atoms. The van der Waals surface area contributed by atoms with Crippen LogP contribution in [0, 0.1) is 5.92 Å². The molecule has 0 bridgehead atoms. The second-order valence-electron chi connectivity index (χ2n) is 4.91. The van der Waals surface area contributed by atoms with Gasteiger partial charge in [0.2, 0.25) is 5.91 Å². The van der Waals surface area contributed by atoms with Gasteiger partial charge in [0, 0.05) is 13.0 Å². The van der Waals surface area contributed by atoms with Crippen LogP contribution in [0.2, 0.25) is 0 Å². The molecule has 0 aliphatic heterocycles. The van der Waals surface area contributed by atoms with E-state index < -0.39 is 18.6 Å². The first kappa shape index (κ1) is 16.0. The van der Waals surface area contributed by atoms with Gasteiger partial charge in [-0.1, -0.05) is 13.8 Å². The van der Waals surface area contributed by atoms with Crippen molar-refractivity contribution >= 4 is 17.2 Å². The molecule has 19 heavy (non-hydrogen) atoms. The summed E-state index contributed by atoms with van der Waals surface area (Å²) < 4.78 is 37.3. The Morgan fingerprint density at radius 1 is 1.42 bits per heavy atom. The highest BCUT2D eigenvalue weighted by atomic mass is 32.1. The van der Waals surface area contributed by atoms with Crippen molar-refractivity contribution in [1.29, 1.82) is 0 Å². The van der Waals surface area contributed by atoms with Gasteiger partial charge in [-0.25, -0.2) is 0 Å². The Morgan fingerprint density at radius 3 is 2.58 bits per heavy atom. The number of amides is 1. The number of halogens is 3. The highest BCUT2D eigenvalue weighted by Gasteiger charge is 2.32. The fourth-order valence-corrected chi connectivity index (χ4v) is 2.46. The van der Waals surface area contributed by atoms with Crippen molar-refractivity contribution in [3.63, 3.8) is 0 Å². The Morgan fingerprint density at radius 2 is 2.11 bits per heavy atom. The standard InChI is InChI=1S/C13H18F3NOS/c1-10(2)7-17(9-13(14,15)16)12(18)4-3-11-5-6-19-8-11/h5-6,8,10H,3-4,7,9H2,1-2H3. The molecule has 6 heteroatoms. The summed E-state index contributed by atoms with van der Waals surface area (Å²) in [5.74, 6) is -0.412. The average Bonchev–Trinajstić information content (AvgIpc) is 2.75. The lowest BCUT2D eigenvalue weighted by atomic mass is 10.1. The smallest absolute Gasteiger partial charge is 0.333 e. The van der Waals surface area contributed by atoms with Gasteiger partial charge in [0.25, 0.3) is 0 Å². The fourth-order valence-electron chi connectivity index (χ4n) is 1.76. The van der Waals surface area contributed by atoms with Gasteiger partial charge < -0.3 is 4.90 Å². The molecule has 2 nitrogen and oxygen atoms in total. The number of rotatable bonds is 6. The van der Waals surface area contributed by atoms with E-state index in [1.165, 1.54) is 11.3 Å². The molecule has 0 atom stereocenters. The maximum atomic E-state index is 12.4. The van der Waals surface area contributed by atoms with Gasteiger partial charge in [0.1, 0.15) is 6.54 Å². The Bertz CT molecular complexity index is 387. The first-order valence-electron chi connectivity index (χ1n) is 6.13. The van der Waals surface area contributed by atoms with Crippen LogP contribution in [0.15, 0.2) is 16.8 Å². The van der Waals surface area contributed by atoms with Crippen LogP contribution in [0.25, 0.3) is 0 Å². The van der Waals surface area contributed by atoms with Gasteiger partial charge >= 0.3 is 6.18 Å². The van der Waals surface area contributed by atoms with Crippen molar-refractivity contribution in [3.05, 3.63) is 22.4 Å². The first-order valence-corrected chi connectivity index (χ1v) is 7.08. The van der Waals surface area contributed by atoms with E-state index in [1.807, 2.05) is 16.8 Å². The lowest BCUT2D eigenvalue weighted by Gasteiger charge is -2.25. The van der Waals surface area contributed by atoms with Crippen molar-refractivity contribution < 1.29 is 18.0 Å². The molecule has 0 aromatic carbocycles. The van der Waals surface area contributed by atoms with Crippen LogP contribution < -0.4 is 0 Å². The lowest BCUT2D eigenvalue weighted by Crippen LogP contribution is -2.41. The maximum Gasteiger partial charge on any atom is 0.406 e. The summed E-state index contributed by atoms with van der Waals surface area (Å²) in [5.41, 5.74) is 0.995. The molecule has 0 unspecified atom stereocenters. The summed E-state index contributed by atoms with van der Waals surface area (Å²) in [4.78, 5) is 12.8. The largest absolute Gasteiger partial charge is 0.406 e. The highest BCUT2D eigenvalue weighted by molar-refractivity contribution is 7.07. The van der Waals surface area contributed by atoms with Crippen molar-refractivity contribution in [3.8, 4) is 0 Å². The molecule has 108 valence electrons. The second-order valence-corrected chi connectivity index (χ2v) is 5.69. The minimum absolute atomic E-state index is 0.0208. The van der Waals surface area contributed by atoms with E-state index in [0.29, 0.717) is 6.42 Å². The molecule has 0 fully saturated rings. The van der Waals surface area contributed by atoms with Crippen LogP contribution in [0.4, 0.5) is 13.2 Å². The minimum Gasteiger partial charge on any atom is -0.333 e. The summed E-state index contributed by atoms with van der Waals surface area (Å²) in [6.45, 7) is 2.58. The third kappa shape index (κ3) is 6.61. The molecule has 1 rings (SSSR count). The van der Waals surface area contributed by atoms with Gasteiger partial charge in [-0.15, -0.1) is 0 Å². The normalized spacial score (nSPS) is 11.9. The third-order valence-corrected chi connectivity index (χ3v) is 3.25. The SMILES string of the molecule is CC(C)CN(CC(F)(F)F)C(=O)CCc1ccsc1. The van der Waals surface area contributed by atoms with E-state index in [0.717, 1.165) is 10.5 Å². The van der Waals surface area contributed by atoms with Crippen LogP contribution in [0.3, 0.4) is 0 Å². The van der Waals surface area contributed by atoms with Crippen LogP contribution >= 0.6 is 11.3 Å². The number of hydrogen-bond donors (Lipinski definition) is 0. The summed E-state index contributed by atoms with van der Waals surface area (Å²) in [6.07, 6.45) is -3.72. The Balaban J connectivity index is 2.55. The van der Waals surface area contributed by atoms with Gasteiger partial charge in [0.05, 0.1) is 0 Å². The zero-order valence-corrected chi connectivity index (χ0v) is 11.9. The number of carbonyl (C=O) groups is 1. The Hall–Kier alpha value is -1.04. The summed E-state index contributed by atoms with van der Waals surface area (Å²) in [6, 6.07) is 1.88. The molecular weight excluding hydrogens is 275 g/mol. The molecule has 0 saturated heterocycles. The Kier molecular flexibility index (Phi) is 5.85.